The van der Waals surface area contributed by atoms with Crippen LogP contribution in [0.1, 0.15) is 44.1 Å². The minimum atomic E-state index is -2.48. The summed E-state index contributed by atoms with van der Waals surface area (Å²) in [5, 5.41) is 0. The fourth-order valence-corrected chi connectivity index (χ4v) is 2.95. The van der Waals surface area contributed by atoms with Crippen molar-refractivity contribution in [3.8, 4) is 0 Å². The molecule has 1 aliphatic carbocycles. The molecular weight excluding hydrogens is 246 g/mol. The van der Waals surface area contributed by atoms with Crippen LogP contribution in [0.4, 0.5) is 20.2 Å². The van der Waals surface area contributed by atoms with Crippen LogP contribution in [0.5, 0.6) is 0 Å². The third-order valence-corrected chi connectivity index (χ3v) is 3.95. The highest BCUT2D eigenvalue weighted by Crippen LogP contribution is 2.33. The van der Waals surface area contributed by atoms with E-state index in [2.05, 4.69) is 0 Å². The summed E-state index contributed by atoms with van der Waals surface area (Å²) in [4.78, 5) is 1.96. The maximum Gasteiger partial charge on any atom is 0.265 e. The van der Waals surface area contributed by atoms with E-state index in [1.54, 1.807) is 12.1 Å². The first-order valence-electron chi connectivity index (χ1n) is 6.96. The van der Waals surface area contributed by atoms with Crippen LogP contribution in [0.25, 0.3) is 0 Å². The number of anilines is 2. The molecule has 1 fully saturated rings. The Morgan fingerprint density at radius 1 is 1.26 bits per heavy atom. The quantitative estimate of drug-likeness (QED) is 0.828. The molecule has 0 atom stereocenters. The molecule has 0 heterocycles. The molecular formula is C15H22F2N2. The summed E-state index contributed by atoms with van der Waals surface area (Å²) < 4.78 is 26.1. The smallest absolute Gasteiger partial charge is 0.265 e. The summed E-state index contributed by atoms with van der Waals surface area (Å²) in [7, 11) is 1.89. The van der Waals surface area contributed by atoms with E-state index in [1.807, 2.05) is 11.9 Å². The van der Waals surface area contributed by atoms with Gasteiger partial charge in [-0.3, -0.25) is 0 Å². The predicted octanol–water partition coefficient (Wildman–Crippen LogP) is 4.22. The molecule has 106 valence electrons. The molecule has 0 saturated heterocycles. The highest BCUT2D eigenvalue weighted by molar-refractivity contribution is 5.59. The van der Waals surface area contributed by atoms with Crippen molar-refractivity contribution < 1.29 is 8.78 Å². The van der Waals surface area contributed by atoms with E-state index < -0.39 is 6.43 Å². The van der Waals surface area contributed by atoms with E-state index in [9.17, 15) is 8.78 Å². The number of nitrogens with two attached hydrogens (primary N) is 1. The molecule has 0 unspecified atom stereocenters. The first kappa shape index (κ1) is 14.1. The van der Waals surface area contributed by atoms with Crippen molar-refractivity contribution >= 4 is 11.4 Å². The Morgan fingerprint density at radius 2 is 1.95 bits per heavy atom. The summed E-state index contributed by atoms with van der Waals surface area (Å²) in [5.41, 5.74) is 6.64. The lowest BCUT2D eigenvalue weighted by atomic mass is 9.89. The third kappa shape index (κ3) is 3.58. The molecule has 1 aromatic rings. The highest BCUT2D eigenvalue weighted by Gasteiger charge is 2.20. The van der Waals surface area contributed by atoms with Gasteiger partial charge in [-0.1, -0.05) is 19.3 Å². The zero-order chi connectivity index (χ0) is 13.8. The maximum absolute atomic E-state index is 13.1. The van der Waals surface area contributed by atoms with Gasteiger partial charge in [-0.2, -0.15) is 0 Å². The normalized spacial score (nSPS) is 16.8. The lowest BCUT2D eigenvalue weighted by Crippen LogP contribution is -2.27. The van der Waals surface area contributed by atoms with E-state index in [1.165, 1.54) is 38.2 Å². The van der Waals surface area contributed by atoms with E-state index in [-0.39, 0.29) is 5.56 Å². The monoisotopic (exact) mass is 268 g/mol. The van der Waals surface area contributed by atoms with Crippen molar-refractivity contribution in [1.29, 1.82) is 0 Å². The molecule has 19 heavy (non-hydrogen) atoms. The number of alkyl halides is 2. The second kappa shape index (κ2) is 6.22. The molecule has 0 aromatic heterocycles. The number of hydrogen-bond acceptors (Lipinski definition) is 2. The van der Waals surface area contributed by atoms with Crippen molar-refractivity contribution in [2.45, 2.75) is 38.5 Å². The lowest BCUT2D eigenvalue weighted by Gasteiger charge is -2.29. The SMILES string of the molecule is CN(CC1CCCCC1)c1ccc(N)cc1C(F)F. The average molecular weight is 268 g/mol. The Kier molecular flexibility index (Phi) is 4.61. The Hall–Kier alpha value is -1.32. The predicted molar refractivity (Wildman–Crippen MR) is 75.7 cm³/mol. The van der Waals surface area contributed by atoms with E-state index in [0.29, 0.717) is 17.3 Å². The molecule has 0 radical (unpaired) electrons. The van der Waals surface area contributed by atoms with E-state index in [4.69, 9.17) is 5.73 Å². The number of benzene rings is 1. The fraction of sp³-hybridized carbons (Fsp3) is 0.600. The fourth-order valence-electron chi connectivity index (χ4n) is 2.95. The van der Waals surface area contributed by atoms with Crippen molar-refractivity contribution in [2.75, 3.05) is 24.2 Å². The van der Waals surface area contributed by atoms with Gasteiger partial charge in [0, 0.05) is 30.5 Å². The number of halogens is 2. The Balaban J connectivity index is 2.11. The van der Waals surface area contributed by atoms with Gasteiger partial charge in [0.1, 0.15) is 0 Å². The molecule has 1 saturated carbocycles. The van der Waals surface area contributed by atoms with Crippen molar-refractivity contribution in [1.82, 2.24) is 0 Å². The summed E-state index contributed by atoms with van der Waals surface area (Å²) in [6.07, 6.45) is 3.79. The minimum absolute atomic E-state index is 0.0401. The zero-order valence-corrected chi connectivity index (χ0v) is 11.4. The molecule has 1 aliphatic rings. The molecule has 4 heteroatoms. The highest BCUT2D eigenvalue weighted by atomic mass is 19.3. The maximum atomic E-state index is 13.1. The summed E-state index contributed by atoms with van der Waals surface area (Å²) in [6, 6.07) is 4.79. The molecule has 1 aromatic carbocycles. The van der Waals surface area contributed by atoms with Crippen LogP contribution in [-0.2, 0) is 0 Å². The number of nitrogen functional groups attached to an aromatic ring is 1. The van der Waals surface area contributed by atoms with Gasteiger partial charge in [-0.25, -0.2) is 8.78 Å². The second-order valence-electron chi connectivity index (χ2n) is 5.50. The average Bonchev–Trinajstić information content (AvgIpc) is 2.39. The molecule has 2 rings (SSSR count). The van der Waals surface area contributed by atoms with Crippen molar-refractivity contribution in [2.24, 2.45) is 5.92 Å². The second-order valence-corrected chi connectivity index (χ2v) is 5.50. The standard InChI is InChI=1S/C15H22F2N2/c1-19(10-11-5-3-2-4-6-11)14-8-7-12(18)9-13(14)15(16)17/h7-9,11,15H,2-6,10,18H2,1H3. The summed E-state index contributed by atoms with van der Waals surface area (Å²) in [6.45, 7) is 0.851. The van der Waals surface area contributed by atoms with Crippen LogP contribution >= 0.6 is 0 Å². The largest absolute Gasteiger partial charge is 0.399 e. The van der Waals surface area contributed by atoms with Gasteiger partial charge in [-0.05, 0) is 37.0 Å². The lowest BCUT2D eigenvalue weighted by molar-refractivity contribution is 0.152. The van der Waals surface area contributed by atoms with Gasteiger partial charge in [0.25, 0.3) is 6.43 Å². The van der Waals surface area contributed by atoms with Gasteiger partial charge in [0.2, 0.25) is 0 Å². The molecule has 0 amide bonds. The van der Waals surface area contributed by atoms with Gasteiger partial charge < -0.3 is 10.6 Å². The van der Waals surface area contributed by atoms with E-state index >= 15 is 0 Å². The van der Waals surface area contributed by atoms with Gasteiger partial charge >= 0.3 is 0 Å². The first-order valence-corrected chi connectivity index (χ1v) is 6.96. The number of rotatable bonds is 4. The van der Waals surface area contributed by atoms with E-state index in [0.717, 1.165) is 6.54 Å². The topological polar surface area (TPSA) is 29.3 Å². The summed E-state index contributed by atoms with van der Waals surface area (Å²) >= 11 is 0. The Morgan fingerprint density at radius 3 is 2.58 bits per heavy atom. The summed E-state index contributed by atoms with van der Waals surface area (Å²) in [5.74, 6) is 0.627. The Labute approximate surface area is 113 Å². The molecule has 0 aliphatic heterocycles. The van der Waals surface area contributed by atoms with Crippen LogP contribution in [0.15, 0.2) is 18.2 Å². The Bertz CT molecular complexity index is 415. The minimum Gasteiger partial charge on any atom is -0.399 e. The van der Waals surface area contributed by atoms with Crippen molar-refractivity contribution in [3.05, 3.63) is 23.8 Å². The van der Waals surface area contributed by atoms with Gasteiger partial charge in [-0.15, -0.1) is 0 Å². The van der Waals surface area contributed by atoms with Crippen molar-refractivity contribution in [3.63, 3.8) is 0 Å². The molecule has 2 N–H and O–H groups in total. The first-order chi connectivity index (χ1) is 9.08. The van der Waals surface area contributed by atoms with Gasteiger partial charge in [0.05, 0.1) is 0 Å². The van der Waals surface area contributed by atoms with Crippen LogP contribution in [-0.4, -0.2) is 13.6 Å². The third-order valence-electron chi connectivity index (χ3n) is 3.95. The number of nitrogens with zero attached hydrogens (tertiary/aromatic N) is 1. The molecule has 0 spiro atoms. The van der Waals surface area contributed by atoms with Crippen LogP contribution < -0.4 is 10.6 Å². The van der Waals surface area contributed by atoms with Crippen LogP contribution in [0.2, 0.25) is 0 Å². The van der Waals surface area contributed by atoms with Gasteiger partial charge in [0.15, 0.2) is 0 Å². The van der Waals surface area contributed by atoms with Crippen LogP contribution in [0, 0.1) is 5.92 Å². The zero-order valence-electron chi connectivity index (χ0n) is 11.4. The molecule has 2 nitrogen and oxygen atoms in total. The molecule has 0 bridgehead atoms. The van der Waals surface area contributed by atoms with Crippen LogP contribution in [0.3, 0.4) is 0 Å². The number of hydrogen-bond donors (Lipinski definition) is 1.